The van der Waals surface area contributed by atoms with Crippen molar-refractivity contribution in [2.75, 3.05) is 18.0 Å². The molecule has 14 heavy (non-hydrogen) atoms. The van der Waals surface area contributed by atoms with Gasteiger partial charge in [0.15, 0.2) is 0 Å². The number of halogens is 2. The average molecular weight is 199 g/mol. The number of rotatable bonds is 1. The maximum absolute atomic E-state index is 12.9. The molecule has 3 nitrogen and oxygen atoms in total. The highest BCUT2D eigenvalue weighted by Crippen LogP contribution is 2.29. The third kappa shape index (κ3) is 1.81. The maximum Gasteiger partial charge on any atom is 0.266 e. The molecule has 1 saturated heterocycles. The monoisotopic (exact) mass is 199 g/mol. The molecule has 1 aromatic rings. The molecule has 0 N–H and O–H groups in total. The topological polar surface area (TPSA) is 29.0 Å². The molecule has 0 amide bonds. The van der Waals surface area contributed by atoms with Crippen LogP contribution in [0.2, 0.25) is 0 Å². The minimum absolute atomic E-state index is 0.0873. The lowest BCUT2D eigenvalue weighted by molar-refractivity contribution is 0.0256. The van der Waals surface area contributed by atoms with Gasteiger partial charge in [0.1, 0.15) is 11.6 Å². The number of hydrogen-bond acceptors (Lipinski definition) is 3. The largest absolute Gasteiger partial charge is 0.350 e. The van der Waals surface area contributed by atoms with Crippen LogP contribution in [0.4, 0.5) is 14.6 Å². The van der Waals surface area contributed by atoms with Crippen molar-refractivity contribution in [2.45, 2.75) is 19.3 Å². The molecule has 0 bridgehead atoms. The van der Waals surface area contributed by atoms with E-state index in [-0.39, 0.29) is 13.0 Å². The fourth-order valence-electron chi connectivity index (χ4n) is 1.55. The standard InChI is InChI=1S/C9H11F2N3/c1-7-12-4-2-8(13-7)14-5-3-9(10,11)6-14/h2,4H,3,5-6H2,1H3. The number of anilines is 1. The molecule has 0 saturated carbocycles. The molecule has 0 atom stereocenters. The highest BCUT2D eigenvalue weighted by atomic mass is 19.3. The summed E-state index contributed by atoms with van der Waals surface area (Å²) < 4.78 is 25.8. The van der Waals surface area contributed by atoms with E-state index in [1.165, 1.54) is 0 Å². The van der Waals surface area contributed by atoms with Gasteiger partial charge in [-0.3, -0.25) is 0 Å². The first-order valence-electron chi connectivity index (χ1n) is 4.49. The van der Waals surface area contributed by atoms with Gasteiger partial charge in [-0.15, -0.1) is 0 Å². The quantitative estimate of drug-likeness (QED) is 0.688. The first-order valence-corrected chi connectivity index (χ1v) is 4.49. The Morgan fingerprint density at radius 3 is 2.86 bits per heavy atom. The van der Waals surface area contributed by atoms with Crippen LogP contribution in [0.3, 0.4) is 0 Å². The van der Waals surface area contributed by atoms with Crippen molar-refractivity contribution in [3.8, 4) is 0 Å². The molecule has 5 heteroatoms. The van der Waals surface area contributed by atoms with E-state index in [0.29, 0.717) is 18.2 Å². The summed E-state index contributed by atoms with van der Waals surface area (Å²) in [7, 11) is 0. The number of hydrogen-bond donors (Lipinski definition) is 0. The molecule has 76 valence electrons. The fourth-order valence-corrected chi connectivity index (χ4v) is 1.55. The Morgan fingerprint density at radius 1 is 1.50 bits per heavy atom. The van der Waals surface area contributed by atoms with E-state index in [1.54, 1.807) is 24.1 Å². The van der Waals surface area contributed by atoms with Crippen molar-refractivity contribution in [2.24, 2.45) is 0 Å². The van der Waals surface area contributed by atoms with Crippen molar-refractivity contribution in [3.05, 3.63) is 18.1 Å². The lowest BCUT2D eigenvalue weighted by Crippen LogP contribution is -2.25. The lowest BCUT2D eigenvalue weighted by Gasteiger charge is -2.16. The molecule has 1 aromatic heterocycles. The Balaban J connectivity index is 2.17. The van der Waals surface area contributed by atoms with Crippen molar-refractivity contribution in [3.63, 3.8) is 0 Å². The summed E-state index contributed by atoms with van der Waals surface area (Å²) in [6.07, 6.45) is 1.50. The first-order chi connectivity index (χ1) is 6.57. The maximum atomic E-state index is 12.9. The van der Waals surface area contributed by atoms with Crippen LogP contribution in [-0.4, -0.2) is 29.0 Å². The number of nitrogens with zero attached hydrogens (tertiary/aromatic N) is 3. The van der Waals surface area contributed by atoms with Gasteiger partial charge < -0.3 is 4.90 Å². The molecular weight excluding hydrogens is 188 g/mol. The van der Waals surface area contributed by atoms with Gasteiger partial charge in [-0.2, -0.15) is 0 Å². The zero-order chi connectivity index (χ0) is 10.2. The summed E-state index contributed by atoms with van der Waals surface area (Å²) >= 11 is 0. The van der Waals surface area contributed by atoms with E-state index in [1.807, 2.05) is 0 Å². The third-order valence-electron chi connectivity index (χ3n) is 2.25. The Labute approximate surface area is 80.8 Å². The highest BCUT2D eigenvalue weighted by Gasteiger charge is 2.38. The van der Waals surface area contributed by atoms with Gasteiger partial charge in [0.2, 0.25) is 0 Å². The molecule has 0 spiro atoms. The normalized spacial score (nSPS) is 20.1. The minimum Gasteiger partial charge on any atom is -0.350 e. The number of alkyl halides is 2. The molecule has 2 heterocycles. The van der Waals surface area contributed by atoms with E-state index in [0.717, 1.165) is 0 Å². The predicted molar refractivity (Wildman–Crippen MR) is 48.5 cm³/mol. The van der Waals surface area contributed by atoms with E-state index < -0.39 is 5.92 Å². The molecule has 0 aliphatic carbocycles. The second-order valence-corrected chi connectivity index (χ2v) is 3.49. The summed E-state index contributed by atoms with van der Waals surface area (Å²) in [5.41, 5.74) is 0. The van der Waals surface area contributed by atoms with Gasteiger partial charge in [0, 0.05) is 19.2 Å². The van der Waals surface area contributed by atoms with Gasteiger partial charge >= 0.3 is 0 Å². The molecule has 1 aliphatic rings. The number of aromatic nitrogens is 2. The van der Waals surface area contributed by atoms with Crippen LogP contribution in [0.25, 0.3) is 0 Å². The third-order valence-corrected chi connectivity index (χ3v) is 2.25. The minimum atomic E-state index is -2.57. The van der Waals surface area contributed by atoms with Crippen molar-refractivity contribution < 1.29 is 8.78 Å². The zero-order valence-corrected chi connectivity index (χ0v) is 7.87. The summed E-state index contributed by atoms with van der Waals surface area (Å²) in [5.74, 6) is -1.37. The van der Waals surface area contributed by atoms with E-state index in [2.05, 4.69) is 9.97 Å². The number of aryl methyl sites for hydroxylation is 1. The van der Waals surface area contributed by atoms with Gasteiger partial charge in [-0.1, -0.05) is 0 Å². The molecule has 1 aliphatic heterocycles. The highest BCUT2D eigenvalue weighted by molar-refractivity contribution is 5.39. The molecular formula is C9H11F2N3. The second kappa shape index (κ2) is 3.15. The van der Waals surface area contributed by atoms with E-state index in [9.17, 15) is 8.78 Å². The van der Waals surface area contributed by atoms with Gasteiger partial charge in [-0.25, -0.2) is 18.7 Å². The first kappa shape index (κ1) is 9.30. The van der Waals surface area contributed by atoms with Gasteiger partial charge in [-0.05, 0) is 13.0 Å². The van der Waals surface area contributed by atoms with E-state index >= 15 is 0 Å². The molecule has 0 radical (unpaired) electrons. The van der Waals surface area contributed by atoms with Crippen molar-refractivity contribution >= 4 is 5.82 Å². The van der Waals surface area contributed by atoms with Crippen LogP contribution in [-0.2, 0) is 0 Å². The van der Waals surface area contributed by atoms with Crippen molar-refractivity contribution in [1.29, 1.82) is 0 Å². The summed E-state index contributed by atoms with van der Waals surface area (Å²) in [4.78, 5) is 9.62. The Kier molecular flexibility index (Phi) is 2.09. The molecule has 2 rings (SSSR count). The van der Waals surface area contributed by atoms with Crippen molar-refractivity contribution in [1.82, 2.24) is 9.97 Å². The van der Waals surface area contributed by atoms with E-state index in [4.69, 9.17) is 0 Å². The Morgan fingerprint density at radius 2 is 2.29 bits per heavy atom. The lowest BCUT2D eigenvalue weighted by atomic mass is 10.3. The summed E-state index contributed by atoms with van der Waals surface area (Å²) in [6, 6.07) is 1.66. The Hall–Kier alpha value is -1.26. The van der Waals surface area contributed by atoms with Crippen LogP contribution in [0.1, 0.15) is 12.2 Å². The molecule has 1 fully saturated rings. The molecule has 0 unspecified atom stereocenters. The van der Waals surface area contributed by atoms with Crippen LogP contribution in [0.15, 0.2) is 12.3 Å². The zero-order valence-electron chi connectivity index (χ0n) is 7.87. The SMILES string of the molecule is Cc1nccc(N2CCC(F)(F)C2)n1. The average Bonchev–Trinajstić information content (AvgIpc) is 2.46. The summed E-state index contributed by atoms with van der Waals surface area (Å²) in [5, 5.41) is 0. The fraction of sp³-hybridized carbons (Fsp3) is 0.556. The van der Waals surface area contributed by atoms with Crippen LogP contribution in [0, 0.1) is 6.92 Å². The van der Waals surface area contributed by atoms with Gasteiger partial charge in [0.25, 0.3) is 5.92 Å². The summed E-state index contributed by atoms with van der Waals surface area (Å²) in [6.45, 7) is 1.88. The predicted octanol–water partition coefficient (Wildman–Crippen LogP) is 1.63. The van der Waals surface area contributed by atoms with Crippen LogP contribution >= 0.6 is 0 Å². The Bertz CT molecular complexity index is 341. The van der Waals surface area contributed by atoms with Crippen LogP contribution < -0.4 is 4.90 Å². The van der Waals surface area contributed by atoms with Gasteiger partial charge in [0.05, 0.1) is 6.54 Å². The smallest absolute Gasteiger partial charge is 0.266 e. The molecule has 0 aromatic carbocycles. The second-order valence-electron chi connectivity index (χ2n) is 3.49. The van der Waals surface area contributed by atoms with Crippen LogP contribution in [0.5, 0.6) is 0 Å².